The SMILES string of the molecule is CN(C)c1ccc(CN(C[C@H]2CCCO2)C(=O)CC2CCCCC2)cc1. The first-order valence-electron chi connectivity index (χ1n) is 10.3. The third kappa shape index (κ3) is 5.47. The van der Waals surface area contributed by atoms with Crippen LogP contribution in [0.2, 0.25) is 0 Å². The summed E-state index contributed by atoms with van der Waals surface area (Å²) in [5.41, 5.74) is 2.39. The van der Waals surface area contributed by atoms with Crippen molar-refractivity contribution >= 4 is 11.6 Å². The number of nitrogens with zero attached hydrogens (tertiary/aromatic N) is 2. The Hall–Kier alpha value is -1.55. The monoisotopic (exact) mass is 358 g/mol. The Labute approximate surface area is 158 Å². The molecule has 0 bridgehead atoms. The summed E-state index contributed by atoms with van der Waals surface area (Å²) >= 11 is 0. The van der Waals surface area contributed by atoms with Crippen LogP contribution in [-0.2, 0) is 16.1 Å². The zero-order valence-corrected chi connectivity index (χ0v) is 16.5. The maximum absolute atomic E-state index is 13.0. The van der Waals surface area contributed by atoms with Gasteiger partial charge in [-0.15, -0.1) is 0 Å². The Morgan fingerprint density at radius 2 is 1.77 bits per heavy atom. The molecule has 0 spiro atoms. The smallest absolute Gasteiger partial charge is 0.223 e. The molecule has 0 N–H and O–H groups in total. The van der Waals surface area contributed by atoms with Crippen LogP contribution in [0.3, 0.4) is 0 Å². The quantitative estimate of drug-likeness (QED) is 0.731. The maximum atomic E-state index is 13.0. The molecule has 144 valence electrons. The van der Waals surface area contributed by atoms with Crippen molar-refractivity contribution in [2.24, 2.45) is 5.92 Å². The van der Waals surface area contributed by atoms with E-state index in [0.29, 0.717) is 24.8 Å². The molecule has 4 heteroatoms. The minimum atomic E-state index is 0.214. The van der Waals surface area contributed by atoms with Crippen LogP contribution in [0.4, 0.5) is 5.69 Å². The van der Waals surface area contributed by atoms with Crippen LogP contribution in [0.25, 0.3) is 0 Å². The van der Waals surface area contributed by atoms with Crippen molar-refractivity contribution in [3.63, 3.8) is 0 Å². The highest BCUT2D eigenvalue weighted by Crippen LogP contribution is 2.27. The number of ether oxygens (including phenoxy) is 1. The Morgan fingerprint density at radius 1 is 1.04 bits per heavy atom. The predicted molar refractivity (Wildman–Crippen MR) is 106 cm³/mol. The summed E-state index contributed by atoms with van der Waals surface area (Å²) in [4.78, 5) is 17.2. The molecular weight excluding hydrogens is 324 g/mol. The van der Waals surface area contributed by atoms with Gasteiger partial charge in [0.1, 0.15) is 0 Å². The summed E-state index contributed by atoms with van der Waals surface area (Å²) in [5, 5.41) is 0. The van der Waals surface area contributed by atoms with Crippen molar-refractivity contribution < 1.29 is 9.53 Å². The van der Waals surface area contributed by atoms with E-state index in [2.05, 4.69) is 34.1 Å². The largest absolute Gasteiger partial charge is 0.378 e. The molecule has 1 saturated heterocycles. The topological polar surface area (TPSA) is 32.8 Å². The highest BCUT2D eigenvalue weighted by Gasteiger charge is 2.25. The van der Waals surface area contributed by atoms with E-state index in [0.717, 1.165) is 26.0 Å². The fourth-order valence-corrected chi connectivity index (χ4v) is 4.18. The maximum Gasteiger partial charge on any atom is 0.223 e. The summed E-state index contributed by atoms with van der Waals surface area (Å²) in [6, 6.07) is 8.55. The van der Waals surface area contributed by atoms with Crippen molar-refractivity contribution in [1.29, 1.82) is 0 Å². The molecule has 1 aromatic rings. The second-order valence-electron chi connectivity index (χ2n) is 8.18. The molecule has 2 fully saturated rings. The Kier molecular flexibility index (Phi) is 6.95. The van der Waals surface area contributed by atoms with Crippen LogP contribution in [0.5, 0.6) is 0 Å². The average Bonchev–Trinajstić information content (AvgIpc) is 3.15. The molecule has 1 saturated carbocycles. The van der Waals surface area contributed by atoms with Crippen LogP contribution >= 0.6 is 0 Å². The first-order valence-corrected chi connectivity index (χ1v) is 10.3. The number of carbonyl (C=O) groups excluding carboxylic acids is 1. The number of hydrogen-bond acceptors (Lipinski definition) is 3. The Morgan fingerprint density at radius 3 is 2.38 bits per heavy atom. The van der Waals surface area contributed by atoms with Crippen LogP contribution in [-0.4, -0.2) is 44.2 Å². The Bertz CT molecular complexity index is 558. The van der Waals surface area contributed by atoms with Gasteiger partial charge >= 0.3 is 0 Å². The lowest BCUT2D eigenvalue weighted by Crippen LogP contribution is -2.38. The van der Waals surface area contributed by atoms with E-state index in [1.165, 1.54) is 43.4 Å². The summed E-state index contributed by atoms with van der Waals surface area (Å²) in [7, 11) is 4.10. The van der Waals surface area contributed by atoms with E-state index >= 15 is 0 Å². The van der Waals surface area contributed by atoms with Gasteiger partial charge in [0.05, 0.1) is 6.10 Å². The number of amides is 1. The van der Waals surface area contributed by atoms with Crippen molar-refractivity contribution in [3.8, 4) is 0 Å². The lowest BCUT2D eigenvalue weighted by Gasteiger charge is -2.29. The normalized spacial score (nSPS) is 20.9. The first-order chi connectivity index (χ1) is 12.6. The molecule has 26 heavy (non-hydrogen) atoms. The predicted octanol–water partition coefficient (Wildman–Crippen LogP) is 4.23. The molecule has 1 aliphatic heterocycles. The lowest BCUT2D eigenvalue weighted by molar-refractivity contribution is -0.134. The van der Waals surface area contributed by atoms with Crippen LogP contribution in [0.1, 0.15) is 56.9 Å². The van der Waals surface area contributed by atoms with Gasteiger partial charge in [0.15, 0.2) is 0 Å². The van der Waals surface area contributed by atoms with Gasteiger partial charge in [0.2, 0.25) is 5.91 Å². The zero-order chi connectivity index (χ0) is 18.4. The van der Waals surface area contributed by atoms with Crippen molar-refractivity contribution in [2.45, 2.75) is 64.0 Å². The van der Waals surface area contributed by atoms with Gasteiger partial charge in [0.25, 0.3) is 0 Å². The fourth-order valence-electron chi connectivity index (χ4n) is 4.18. The standard InChI is InChI=1S/C22H34N2O2/c1-23(2)20-12-10-19(11-13-20)16-24(17-21-9-6-14-26-21)22(25)15-18-7-4-3-5-8-18/h10-13,18,21H,3-9,14-17H2,1-2H3/t21-/m1/s1. The molecule has 4 nitrogen and oxygen atoms in total. The number of benzene rings is 1. The van der Waals surface area contributed by atoms with Gasteiger partial charge in [-0.1, -0.05) is 31.4 Å². The van der Waals surface area contributed by atoms with Gasteiger partial charge in [-0.3, -0.25) is 4.79 Å². The summed E-state index contributed by atoms with van der Waals surface area (Å²) in [5.74, 6) is 0.892. The number of rotatable bonds is 7. The third-order valence-electron chi connectivity index (χ3n) is 5.81. The highest BCUT2D eigenvalue weighted by molar-refractivity contribution is 5.76. The number of anilines is 1. The molecule has 1 heterocycles. The molecule has 0 radical (unpaired) electrons. The van der Waals surface area contributed by atoms with E-state index in [1.54, 1.807) is 0 Å². The van der Waals surface area contributed by atoms with Crippen LogP contribution in [0, 0.1) is 5.92 Å². The number of hydrogen-bond donors (Lipinski definition) is 0. The summed E-state index contributed by atoms with van der Waals surface area (Å²) in [6.07, 6.45) is 9.47. The van der Waals surface area contributed by atoms with Gasteiger partial charge in [-0.05, 0) is 49.3 Å². The van der Waals surface area contributed by atoms with Gasteiger partial charge in [-0.2, -0.15) is 0 Å². The minimum absolute atomic E-state index is 0.214. The zero-order valence-electron chi connectivity index (χ0n) is 16.5. The lowest BCUT2D eigenvalue weighted by atomic mass is 9.86. The molecule has 1 atom stereocenters. The van der Waals surface area contributed by atoms with Crippen LogP contribution in [0.15, 0.2) is 24.3 Å². The molecular formula is C22H34N2O2. The Balaban J connectivity index is 1.64. The van der Waals surface area contributed by atoms with Gasteiger partial charge < -0.3 is 14.5 Å². The van der Waals surface area contributed by atoms with Crippen molar-refractivity contribution in [2.75, 3.05) is 32.1 Å². The van der Waals surface area contributed by atoms with E-state index in [4.69, 9.17) is 4.74 Å². The molecule has 0 unspecified atom stereocenters. The second kappa shape index (κ2) is 9.40. The van der Waals surface area contributed by atoms with E-state index in [9.17, 15) is 4.79 Å². The molecule has 1 aliphatic carbocycles. The fraction of sp³-hybridized carbons (Fsp3) is 0.682. The van der Waals surface area contributed by atoms with E-state index in [-0.39, 0.29) is 6.10 Å². The van der Waals surface area contributed by atoms with Crippen LogP contribution < -0.4 is 4.90 Å². The van der Waals surface area contributed by atoms with Gasteiger partial charge in [0, 0.05) is 45.9 Å². The molecule has 2 aliphatic rings. The van der Waals surface area contributed by atoms with E-state index in [1.807, 2.05) is 14.1 Å². The second-order valence-corrected chi connectivity index (χ2v) is 8.18. The van der Waals surface area contributed by atoms with Crippen molar-refractivity contribution in [3.05, 3.63) is 29.8 Å². The molecule has 0 aromatic heterocycles. The third-order valence-corrected chi connectivity index (χ3v) is 5.81. The minimum Gasteiger partial charge on any atom is -0.378 e. The number of carbonyl (C=O) groups is 1. The molecule has 1 amide bonds. The van der Waals surface area contributed by atoms with Crippen molar-refractivity contribution in [1.82, 2.24) is 4.90 Å². The van der Waals surface area contributed by atoms with Gasteiger partial charge in [-0.25, -0.2) is 0 Å². The average molecular weight is 359 g/mol. The van der Waals surface area contributed by atoms with E-state index < -0.39 is 0 Å². The highest BCUT2D eigenvalue weighted by atomic mass is 16.5. The summed E-state index contributed by atoms with van der Waals surface area (Å²) in [6.45, 7) is 2.27. The summed E-state index contributed by atoms with van der Waals surface area (Å²) < 4.78 is 5.81. The first kappa shape index (κ1) is 19.2. The molecule has 3 rings (SSSR count). The molecule has 1 aromatic carbocycles.